The van der Waals surface area contributed by atoms with Gasteiger partial charge in [-0.25, -0.2) is 9.67 Å². The Labute approximate surface area is 180 Å². The Morgan fingerprint density at radius 1 is 1.13 bits per heavy atom. The zero-order valence-electron chi connectivity index (χ0n) is 17.4. The number of aromatic nitrogens is 3. The van der Waals surface area contributed by atoms with Gasteiger partial charge in [0, 0.05) is 29.6 Å². The zero-order chi connectivity index (χ0) is 21.8. The van der Waals surface area contributed by atoms with E-state index >= 15 is 0 Å². The molecule has 3 N–H and O–H groups in total. The van der Waals surface area contributed by atoms with Crippen molar-refractivity contribution in [3.05, 3.63) is 65.6 Å². The Kier molecular flexibility index (Phi) is 5.97. The summed E-state index contributed by atoms with van der Waals surface area (Å²) in [4.78, 5) is 28.9. The normalized spacial score (nSPS) is 14.2. The number of carbonyl (C=O) groups is 2. The lowest BCUT2D eigenvalue weighted by Crippen LogP contribution is -2.21. The fourth-order valence-electron chi connectivity index (χ4n) is 3.70. The molecule has 3 aromatic rings. The predicted octanol–water partition coefficient (Wildman–Crippen LogP) is 3.64. The van der Waals surface area contributed by atoms with E-state index in [2.05, 4.69) is 15.4 Å². The molecule has 160 valence electrons. The van der Waals surface area contributed by atoms with E-state index in [1.165, 1.54) is 6.42 Å². The molecule has 2 amide bonds. The van der Waals surface area contributed by atoms with Crippen molar-refractivity contribution in [2.45, 2.75) is 45.1 Å². The third kappa shape index (κ3) is 4.91. The van der Waals surface area contributed by atoms with Crippen LogP contribution in [0.5, 0.6) is 5.88 Å². The summed E-state index contributed by atoms with van der Waals surface area (Å²) >= 11 is 0. The lowest BCUT2D eigenvalue weighted by molar-refractivity contribution is 0.0996. The molecule has 0 spiro atoms. The van der Waals surface area contributed by atoms with Crippen molar-refractivity contribution in [3.63, 3.8) is 0 Å². The highest BCUT2D eigenvalue weighted by atomic mass is 16.5. The molecule has 0 atom stereocenters. The third-order valence-electron chi connectivity index (χ3n) is 5.32. The first-order valence-electron chi connectivity index (χ1n) is 10.4. The van der Waals surface area contributed by atoms with E-state index in [-0.39, 0.29) is 12.0 Å². The van der Waals surface area contributed by atoms with Crippen LogP contribution in [0.1, 0.15) is 58.4 Å². The summed E-state index contributed by atoms with van der Waals surface area (Å²) < 4.78 is 7.62. The maximum Gasteiger partial charge on any atom is 0.255 e. The molecule has 0 radical (unpaired) electrons. The predicted molar refractivity (Wildman–Crippen MR) is 117 cm³/mol. The van der Waals surface area contributed by atoms with Crippen LogP contribution in [0.15, 0.2) is 48.9 Å². The topological polar surface area (TPSA) is 112 Å². The average Bonchev–Trinajstić information content (AvgIpc) is 3.20. The maximum atomic E-state index is 13.0. The van der Waals surface area contributed by atoms with E-state index in [0.717, 1.165) is 31.2 Å². The Balaban J connectivity index is 1.58. The highest BCUT2D eigenvalue weighted by Crippen LogP contribution is 2.25. The molecule has 2 heterocycles. The van der Waals surface area contributed by atoms with Gasteiger partial charge >= 0.3 is 0 Å². The fourth-order valence-corrected chi connectivity index (χ4v) is 3.70. The van der Waals surface area contributed by atoms with Crippen molar-refractivity contribution < 1.29 is 14.3 Å². The molecule has 8 nitrogen and oxygen atoms in total. The summed E-state index contributed by atoms with van der Waals surface area (Å²) in [5, 5.41) is 7.17. The number of rotatable bonds is 6. The highest BCUT2D eigenvalue weighted by Gasteiger charge is 2.18. The number of ether oxygens (including phenoxy) is 1. The number of pyridine rings is 1. The van der Waals surface area contributed by atoms with Crippen molar-refractivity contribution in [2.24, 2.45) is 5.73 Å². The van der Waals surface area contributed by atoms with Gasteiger partial charge in [-0.15, -0.1) is 0 Å². The van der Waals surface area contributed by atoms with Crippen molar-refractivity contribution in [1.29, 1.82) is 0 Å². The number of hydrogen-bond acceptors (Lipinski definition) is 5. The monoisotopic (exact) mass is 419 g/mol. The standard InChI is InChI=1S/C23H25N5O3/c1-15-13-26-28(14-15)20-8-7-16(22(24)29)11-19(20)27-23(30)17-9-10-25-21(12-17)31-18-5-3-2-4-6-18/h7-14,18H,2-6H2,1H3,(H2,24,29)(H,27,30). The summed E-state index contributed by atoms with van der Waals surface area (Å²) in [6, 6.07) is 8.12. The Morgan fingerprint density at radius 2 is 1.94 bits per heavy atom. The van der Waals surface area contributed by atoms with Crippen molar-refractivity contribution >= 4 is 17.5 Å². The van der Waals surface area contributed by atoms with Gasteiger partial charge in [-0.2, -0.15) is 5.10 Å². The minimum Gasteiger partial charge on any atom is -0.474 e. The van der Waals surface area contributed by atoms with Crippen LogP contribution in [0.3, 0.4) is 0 Å². The number of nitrogens with zero attached hydrogens (tertiary/aromatic N) is 3. The Bertz CT molecular complexity index is 1100. The molecule has 0 bridgehead atoms. The number of carbonyl (C=O) groups excluding carboxylic acids is 2. The molecular formula is C23H25N5O3. The van der Waals surface area contributed by atoms with E-state index in [9.17, 15) is 9.59 Å². The van der Waals surface area contributed by atoms with Crippen LogP contribution in [0.2, 0.25) is 0 Å². The first-order chi connectivity index (χ1) is 15.0. The van der Waals surface area contributed by atoms with E-state index < -0.39 is 5.91 Å². The summed E-state index contributed by atoms with van der Waals surface area (Å²) in [6.07, 6.45) is 10.8. The van der Waals surface area contributed by atoms with Crippen LogP contribution in [0.25, 0.3) is 5.69 Å². The van der Waals surface area contributed by atoms with Gasteiger partial charge in [0.25, 0.3) is 5.91 Å². The number of nitrogens with one attached hydrogen (secondary N) is 1. The first-order valence-corrected chi connectivity index (χ1v) is 10.4. The molecule has 1 fully saturated rings. The molecule has 1 aliphatic rings. The number of hydrogen-bond donors (Lipinski definition) is 2. The largest absolute Gasteiger partial charge is 0.474 e. The SMILES string of the molecule is Cc1cnn(-c2ccc(C(N)=O)cc2NC(=O)c2ccnc(OC3CCCCC3)c2)c1. The smallest absolute Gasteiger partial charge is 0.255 e. The van der Waals surface area contributed by atoms with Gasteiger partial charge in [0.15, 0.2) is 0 Å². The van der Waals surface area contributed by atoms with Crippen LogP contribution in [-0.4, -0.2) is 32.7 Å². The van der Waals surface area contributed by atoms with Crippen molar-refractivity contribution in [3.8, 4) is 11.6 Å². The molecule has 0 saturated heterocycles. The zero-order valence-corrected chi connectivity index (χ0v) is 17.4. The summed E-state index contributed by atoms with van der Waals surface area (Å²) in [7, 11) is 0. The lowest BCUT2D eigenvalue weighted by Gasteiger charge is -2.22. The molecule has 1 aromatic carbocycles. The average molecular weight is 419 g/mol. The number of amides is 2. The van der Waals surface area contributed by atoms with Gasteiger partial charge in [0.2, 0.25) is 11.8 Å². The van der Waals surface area contributed by atoms with Crippen LogP contribution in [-0.2, 0) is 0 Å². The second-order valence-electron chi connectivity index (χ2n) is 7.77. The summed E-state index contributed by atoms with van der Waals surface area (Å²) in [5.41, 5.74) is 8.15. The minimum absolute atomic E-state index is 0.140. The van der Waals surface area contributed by atoms with Gasteiger partial charge in [-0.1, -0.05) is 6.42 Å². The number of anilines is 1. The molecule has 8 heteroatoms. The maximum absolute atomic E-state index is 13.0. The molecule has 2 aromatic heterocycles. The van der Waals surface area contributed by atoms with Gasteiger partial charge in [-0.05, 0) is 62.4 Å². The van der Waals surface area contributed by atoms with E-state index in [4.69, 9.17) is 10.5 Å². The number of aryl methyl sites for hydroxylation is 1. The van der Waals surface area contributed by atoms with Crippen molar-refractivity contribution in [1.82, 2.24) is 14.8 Å². The minimum atomic E-state index is -0.578. The Hall–Kier alpha value is -3.68. The van der Waals surface area contributed by atoms with Gasteiger partial charge < -0.3 is 15.8 Å². The van der Waals surface area contributed by atoms with E-state index in [0.29, 0.717) is 28.4 Å². The molecular weight excluding hydrogens is 394 g/mol. The van der Waals surface area contributed by atoms with Crippen LogP contribution < -0.4 is 15.8 Å². The molecule has 4 rings (SSSR count). The molecule has 1 saturated carbocycles. The van der Waals surface area contributed by atoms with E-state index in [1.54, 1.807) is 47.4 Å². The lowest BCUT2D eigenvalue weighted by atomic mass is 9.98. The van der Waals surface area contributed by atoms with Gasteiger partial charge in [0.05, 0.1) is 17.6 Å². The van der Waals surface area contributed by atoms with Crippen LogP contribution in [0.4, 0.5) is 5.69 Å². The van der Waals surface area contributed by atoms with Gasteiger partial charge in [-0.3, -0.25) is 9.59 Å². The number of benzene rings is 1. The molecule has 0 aliphatic heterocycles. The summed E-state index contributed by atoms with van der Waals surface area (Å²) in [5.74, 6) is -0.484. The molecule has 0 unspecified atom stereocenters. The quantitative estimate of drug-likeness (QED) is 0.633. The molecule has 1 aliphatic carbocycles. The third-order valence-corrected chi connectivity index (χ3v) is 5.32. The fraction of sp³-hybridized carbons (Fsp3) is 0.304. The van der Waals surface area contributed by atoms with Gasteiger partial charge in [0.1, 0.15) is 6.10 Å². The van der Waals surface area contributed by atoms with Crippen molar-refractivity contribution in [2.75, 3.05) is 5.32 Å². The number of nitrogens with two attached hydrogens (primary N) is 1. The van der Waals surface area contributed by atoms with Crippen LogP contribution in [0, 0.1) is 6.92 Å². The second-order valence-corrected chi connectivity index (χ2v) is 7.77. The molecule has 31 heavy (non-hydrogen) atoms. The summed E-state index contributed by atoms with van der Waals surface area (Å²) in [6.45, 7) is 1.92. The first kappa shape index (κ1) is 20.6. The second kappa shape index (κ2) is 8.99. The highest BCUT2D eigenvalue weighted by molar-refractivity contribution is 6.06. The van der Waals surface area contributed by atoms with E-state index in [1.807, 2.05) is 13.1 Å². The number of primary amides is 1. The Morgan fingerprint density at radius 3 is 2.65 bits per heavy atom. The van der Waals surface area contributed by atoms with Crippen LogP contribution >= 0.6 is 0 Å².